The van der Waals surface area contributed by atoms with Crippen LogP contribution in [0.5, 0.6) is 0 Å². The maximum Gasteiger partial charge on any atom is 0.191 e. The van der Waals surface area contributed by atoms with E-state index in [0.29, 0.717) is 12.6 Å². The highest BCUT2D eigenvalue weighted by molar-refractivity contribution is 14.0. The van der Waals surface area contributed by atoms with Crippen molar-refractivity contribution in [1.29, 1.82) is 0 Å². The van der Waals surface area contributed by atoms with Gasteiger partial charge in [0.05, 0.1) is 12.8 Å². The molecule has 6 heteroatoms. The van der Waals surface area contributed by atoms with E-state index in [-0.39, 0.29) is 24.0 Å². The van der Waals surface area contributed by atoms with Gasteiger partial charge in [-0.15, -0.1) is 24.0 Å². The molecule has 2 heterocycles. The third-order valence-electron chi connectivity index (χ3n) is 4.93. The van der Waals surface area contributed by atoms with Crippen LogP contribution < -0.4 is 10.6 Å². The lowest BCUT2D eigenvalue weighted by Crippen LogP contribution is -2.49. The first-order valence-electron chi connectivity index (χ1n) is 10.2. The van der Waals surface area contributed by atoms with Crippen LogP contribution in [0.4, 0.5) is 0 Å². The Bertz CT molecular complexity index is 738. The van der Waals surface area contributed by atoms with Crippen LogP contribution in [0.3, 0.4) is 0 Å². The smallest absolute Gasteiger partial charge is 0.191 e. The molecule has 0 amide bonds. The highest BCUT2D eigenvalue weighted by atomic mass is 127. The van der Waals surface area contributed by atoms with Crippen molar-refractivity contribution in [1.82, 2.24) is 15.5 Å². The largest absolute Gasteiger partial charge is 0.469 e. The number of nitrogens with one attached hydrogen (secondary N) is 2. The molecule has 0 aliphatic carbocycles. The van der Waals surface area contributed by atoms with Crippen molar-refractivity contribution < 1.29 is 4.42 Å². The Kier molecular flexibility index (Phi) is 10.3. The summed E-state index contributed by atoms with van der Waals surface area (Å²) in [6.07, 6.45) is 4.81. The summed E-state index contributed by atoms with van der Waals surface area (Å²) in [5.41, 5.74) is 2.45. The predicted octanol–water partition coefficient (Wildman–Crippen LogP) is 4.22. The first kappa shape index (κ1) is 23.5. The summed E-state index contributed by atoms with van der Waals surface area (Å²) in [4.78, 5) is 7.29. The highest BCUT2D eigenvalue weighted by Crippen LogP contribution is 2.11. The van der Waals surface area contributed by atoms with Crippen molar-refractivity contribution >= 4 is 29.9 Å². The van der Waals surface area contributed by atoms with Crippen molar-refractivity contribution in [2.24, 2.45) is 4.99 Å². The second-order valence-electron chi connectivity index (χ2n) is 7.56. The molecule has 1 fully saturated rings. The van der Waals surface area contributed by atoms with Gasteiger partial charge in [-0.3, -0.25) is 4.90 Å². The summed E-state index contributed by atoms with van der Waals surface area (Å²) in [5, 5.41) is 7.11. The van der Waals surface area contributed by atoms with Crippen LogP contribution in [-0.2, 0) is 13.0 Å². The van der Waals surface area contributed by atoms with Gasteiger partial charge in [0.15, 0.2) is 5.96 Å². The number of likely N-dealkylation sites (tertiary alicyclic amines) is 1. The van der Waals surface area contributed by atoms with Gasteiger partial charge in [0.2, 0.25) is 0 Å². The molecule has 0 radical (unpaired) electrons. The zero-order valence-electron chi connectivity index (χ0n) is 17.3. The normalized spacial score (nSPS) is 15.6. The first-order valence-corrected chi connectivity index (χ1v) is 10.2. The summed E-state index contributed by atoms with van der Waals surface area (Å²) >= 11 is 0. The summed E-state index contributed by atoms with van der Waals surface area (Å²) in [7, 11) is 0. The van der Waals surface area contributed by atoms with E-state index in [1.807, 2.05) is 18.2 Å². The molecule has 1 saturated heterocycles. The molecule has 0 bridgehead atoms. The van der Waals surface area contributed by atoms with E-state index < -0.39 is 0 Å². The van der Waals surface area contributed by atoms with Gasteiger partial charge in [0.25, 0.3) is 0 Å². The quantitative estimate of drug-likeness (QED) is 0.243. The summed E-state index contributed by atoms with van der Waals surface area (Å²) in [6, 6.07) is 14.8. The molecule has 0 unspecified atom stereocenters. The lowest BCUT2D eigenvalue weighted by molar-refractivity contribution is 0.221. The van der Waals surface area contributed by atoms with Gasteiger partial charge in [-0.05, 0) is 37.5 Å². The molecule has 1 aromatic heterocycles. The average Bonchev–Trinajstić information content (AvgIpc) is 3.21. The number of nitrogens with zero attached hydrogens (tertiary/aromatic N) is 2. The fourth-order valence-corrected chi connectivity index (χ4v) is 3.48. The number of benzene rings is 1. The van der Waals surface area contributed by atoms with E-state index in [9.17, 15) is 0 Å². The number of furan rings is 1. The number of halogens is 1. The van der Waals surface area contributed by atoms with Gasteiger partial charge in [-0.2, -0.15) is 0 Å². The highest BCUT2D eigenvalue weighted by Gasteiger charge is 2.19. The van der Waals surface area contributed by atoms with Crippen molar-refractivity contribution in [2.45, 2.75) is 38.8 Å². The van der Waals surface area contributed by atoms with Crippen molar-refractivity contribution in [2.75, 3.05) is 26.2 Å². The fraction of sp³-hybridized carbons (Fsp3) is 0.435. The van der Waals surface area contributed by atoms with Gasteiger partial charge >= 0.3 is 0 Å². The van der Waals surface area contributed by atoms with Crippen LogP contribution in [0.15, 0.2) is 70.3 Å². The minimum absolute atomic E-state index is 0. The summed E-state index contributed by atoms with van der Waals surface area (Å²) < 4.78 is 5.43. The second-order valence-corrected chi connectivity index (χ2v) is 7.56. The zero-order valence-corrected chi connectivity index (χ0v) is 19.6. The summed E-state index contributed by atoms with van der Waals surface area (Å²) in [6.45, 7) is 10.8. The maximum atomic E-state index is 5.43. The Morgan fingerprint density at radius 2 is 1.93 bits per heavy atom. The molecular weight excluding hydrogens is 475 g/mol. The van der Waals surface area contributed by atoms with E-state index >= 15 is 0 Å². The molecule has 1 aliphatic rings. The SMILES string of the molecule is C=C(C)CN1CCC(NC(=NCc2ccccc2)NCCc2ccco2)CC1.I. The Morgan fingerprint density at radius 3 is 2.59 bits per heavy atom. The number of rotatable bonds is 8. The van der Waals surface area contributed by atoms with Crippen molar-refractivity contribution in [3.8, 4) is 0 Å². The Hall–Kier alpha value is -1.80. The third kappa shape index (κ3) is 8.62. The lowest BCUT2D eigenvalue weighted by atomic mass is 10.0. The van der Waals surface area contributed by atoms with Crippen LogP contribution in [0.25, 0.3) is 0 Å². The van der Waals surface area contributed by atoms with E-state index in [2.05, 4.69) is 53.3 Å². The van der Waals surface area contributed by atoms with Gasteiger partial charge < -0.3 is 15.1 Å². The Labute approximate surface area is 191 Å². The number of aliphatic imine (C=N–C) groups is 1. The third-order valence-corrected chi connectivity index (χ3v) is 4.93. The molecule has 158 valence electrons. The van der Waals surface area contributed by atoms with Gasteiger partial charge in [-0.25, -0.2) is 4.99 Å². The van der Waals surface area contributed by atoms with E-state index in [1.165, 1.54) is 11.1 Å². The van der Waals surface area contributed by atoms with Crippen LogP contribution >= 0.6 is 24.0 Å². The van der Waals surface area contributed by atoms with Gasteiger partial charge in [0.1, 0.15) is 5.76 Å². The van der Waals surface area contributed by atoms with Gasteiger partial charge in [0, 0.05) is 38.6 Å². The van der Waals surface area contributed by atoms with Crippen molar-refractivity contribution in [3.05, 3.63) is 72.2 Å². The lowest BCUT2D eigenvalue weighted by Gasteiger charge is -2.33. The number of piperidine rings is 1. The van der Waals surface area contributed by atoms with Crippen LogP contribution in [0, 0.1) is 0 Å². The molecule has 3 rings (SSSR count). The number of guanidine groups is 1. The van der Waals surface area contributed by atoms with Gasteiger partial charge in [-0.1, -0.05) is 42.5 Å². The monoisotopic (exact) mass is 508 g/mol. The minimum atomic E-state index is 0. The molecule has 2 aromatic rings. The molecule has 1 aromatic carbocycles. The Balaban J connectivity index is 0.00000300. The summed E-state index contributed by atoms with van der Waals surface area (Å²) in [5.74, 6) is 1.87. The average molecular weight is 508 g/mol. The maximum absolute atomic E-state index is 5.43. The molecule has 29 heavy (non-hydrogen) atoms. The van der Waals surface area contributed by atoms with E-state index in [1.54, 1.807) is 6.26 Å². The van der Waals surface area contributed by atoms with E-state index in [0.717, 1.165) is 57.2 Å². The molecule has 2 N–H and O–H groups in total. The fourth-order valence-electron chi connectivity index (χ4n) is 3.48. The Morgan fingerprint density at radius 1 is 1.17 bits per heavy atom. The molecule has 0 saturated carbocycles. The minimum Gasteiger partial charge on any atom is -0.469 e. The molecule has 0 atom stereocenters. The van der Waals surface area contributed by atoms with Crippen LogP contribution in [-0.4, -0.2) is 43.1 Å². The second kappa shape index (κ2) is 12.7. The molecule has 5 nitrogen and oxygen atoms in total. The zero-order chi connectivity index (χ0) is 19.6. The van der Waals surface area contributed by atoms with E-state index in [4.69, 9.17) is 9.41 Å². The standard InChI is InChI=1S/C23H32N4O.HI/c1-19(2)18-27-14-11-21(12-15-27)26-23(24-13-10-22-9-6-16-28-22)25-17-20-7-4-3-5-8-20;/h3-9,16,21H,1,10-15,17-18H2,2H3,(H2,24,25,26);1H. The molecular formula is C23H33IN4O. The number of hydrogen-bond acceptors (Lipinski definition) is 3. The first-order chi connectivity index (χ1) is 13.7. The predicted molar refractivity (Wildman–Crippen MR) is 131 cm³/mol. The molecule has 1 aliphatic heterocycles. The van der Waals surface area contributed by atoms with Crippen molar-refractivity contribution in [3.63, 3.8) is 0 Å². The molecule has 0 spiro atoms. The van der Waals surface area contributed by atoms with Crippen LogP contribution in [0.2, 0.25) is 0 Å². The number of hydrogen-bond donors (Lipinski definition) is 2. The topological polar surface area (TPSA) is 52.8 Å². The van der Waals surface area contributed by atoms with Crippen LogP contribution in [0.1, 0.15) is 31.1 Å².